The number of carbonyl (C=O) groups is 3. The number of benzene rings is 2. The molecule has 36 heavy (non-hydrogen) atoms. The lowest BCUT2D eigenvalue weighted by Gasteiger charge is -2.32. The van der Waals surface area contributed by atoms with E-state index in [2.05, 4.69) is 5.32 Å². The molecule has 3 aromatic rings. The second-order valence-corrected chi connectivity index (χ2v) is 10.1. The highest BCUT2D eigenvalue weighted by atomic mass is 32.1. The fourth-order valence-corrected chi connectivity index (χ4v) is 6.49. The van der Waals surface area contributed by atoms with Crippen LogP contribution in [0.5, 0.6) is 11.5 Å². The molecule has 1 N–H and O–H groups in total. The van der Waals surface area contributed by atoms with E-state index in [0.29, 0.717) is 30.4 Å². The minimum Gasteiger partial charge on any atom is -0.486 e. The van der Waals surface area contributed by atoms with Crippen molar-refractivity contribution in [3.8, 4) is 11.5 Å². The van der Waals surface area contributed by atoms with Crippen molar-refractivity contribution in [1.82, 2.24) is 5.32 Å². The highest BCUT2D eigenvalue weighted by Crippen LogP contribution is 2.52. The number of nitrogens with zero attached hydrogens (tertiary/aromatic N) is 1. The van der Waals surface area contributed by atoms with Crippen LogP contribution in [-0.2, 0) is 25.5 Å². The van der Waals surface area contributed by atoms with E-state index in [-0.39, 0.29) is 12.3 Å². The molecule has 8 nitrogen and oxygen atoms in total. The van der Waals surface area contributed by atoms with Gasteiger partial charge in [-0.15, -0.1) is 11.3 Å². The molecule has 4 heterocycles. The van der Waals surface area contributed by atoms with E-state index in [0.717, 1.165) is 10.4 Å². The van der Waals surface area contributed by atoms with E-state index in [4.69, 9.17) is 14.2 Å². The van der Waals surface area contributed by atoms with Gasteiger partial charge in [0.2, 0.25) is 11.8 Å². The summed E-state index contributed by atoms with van der Waals surface area (Å²) in [5.74, 6) is -2.03. The lowest BCUT2D eigenvalue weighted by molar-refractivity contribution is -0.152. The SMILES string of the molecule is COC(=O)[C@]1(Cc2ccccc2)N[C@H](c2cccs2)[C@H]2C(=O)N(c3ccc4c(c3)OCCO4)C(=O)[C@H]21. The number of carbonyl (C=O) groups excluding carboxylic acids is 3. The maximum absolute atomic E-state index is 14.1. The highest BCUT2D eigenvalue weighted by Gasteiger charge is 2.69. The Hall–Kier alpha value is -3.69. The van der Waals surface area contributed by atoms with Crippen LogP contribution in [0.3, 0.4) is 0 Å². The standard InChI is InChI=1S/C27H24N2O6S/c1-33-26(32)27(15-16-6-3-2-4-7-16)22-21(23(28-27)20-8-5-13-36-20)24(30)29(25(22)31)17-9-10-18-19(14-17)35-12-11-34-18/h2-10,13-14,21-23,28H,11-12,15H2,1H3/t21-,22-,23+,27+/m0/s1. The first kappa shape index (κ1) is 22.8. The zero-order chi connectivity index (χ0) is 24.9. The average Bonchev–Trinajstić information content (AvgIpc) is 3.61. The van der Waals surface area contributed by atoms with Crippen LogP contribution in [-0.4, -0.2) is 43.6 Å². The maximum atomic E-state index is 14.1. The van der Waals surface area contributed by atoms with Crippen molar-refractivity contribution in [2.45, 2.75) is 18.0 Å². The zero-order valence-corrected chi connectivity index (χ0v) is 20.3. The summed E-state index contributed by atoms with van der Waals surface area (Å²) in [4.78, 5) is 43.6. The van der Waals surface area contributed by atoms with Gasteiger partial charge in [-0.05, 0) is 29.1 Å². The quantitative estimate of drug-likeness (QED) is 0.422. The lowest BCUT2D eigenvalue weighted by Crippen LogP contribution is -2.57. The van der Waals surface area contributed by atoms with Gasteiger partial charge >= 0.3 is 5.97 Å². The number of anilines is 1. The maximum Gasteiger partial charge on any atom is 0.327 e. The Labute approximate surface area is 211 Å². The van der Waals surface area contributed by atoms with Gasteiger partial charge in [0.05, 0.1) is 30.7 Å². The predicted octanol–water partition coefficient (Wildman–Crippen LogP) is 3.12. The molecule has 0 saturated carbocycles. The minimum absolute atomic E-state index is 0.206. The van der Waals surface area contributed by atoms with Crippen LogP contribution in [0.2, 0.25) is 0 Å². The third-order valence-electron chi connectivity index (χ3n) is 7.16. The Bertz CT molecular complexity index is 1330. The fraction of sp³-hybridized carbons (Fsp3) is 0.296. The Kier molecular flexibility index (Phi) is 5.54. The van der Waals surface area contributed by atoms with Crippen LogP contribution >= 0.6 is 11.3 Å². The molecule has 0 spiro atoms. The molecule has 1 aromatic heterocycles. The number of methoxy groups -OCH3 is 1. The van der Waals surface area contributed by atoms with Gasteiger partial charge in [0.25, 0.3) is 0 Å². The first-order valence-electron chi connectivity index (χ1n) is 11.7. The molecule has 3 aliphatic heterocycles. The number of rotatable bonds is 5. The summed E-state index contributed by atoms with van der Waals surface area (Å²) >= 11 is 1.48. The molecule has 3 aliphatic rings. The molecule has 4 atom stereocenters. The van der Waals surface area contributed by atoms with E-state index in [1.54, 1.807) is 18.2 Å². The molecule has 0 bridgehead atoms. The first-order valence-corrected chi connectivity index (χ1v) is 12.6. The number of ether oxygens (including phenoxy) is 3. The van der Waals surface area contributed by atoms with Crippen molar-refractivity contribution in [3.05, 3.63) is 76.5 Å². The summed E-state index contributed by atoms with van der Waals surface area (Å²) in [6.45, 7) is 0.823. The molecule has 0 unspecified atom stereocenters. The van der Waals surface area contributed by atoms with E-state index in [9.17, 15) is 14.4 Å². The predicted molar refractivity (Wildman–Crippen MR) is 132 cm³/mol. The largest absolute Gasteiger partial charge is 0.486 e. The van der Waals surface area contributed by atoms with Gasteiger partial charge in [-0.2, -0.15) is 0 Å². The normalized spacial score (nSPS) is 26.7. The van der Waals surface area contributed by atoms with Gasteiger partial charge in [0, 0.05) is 17.4 Å². The Morgan fingerprint density at radius 2 is 1.83 bits per heavy atom. The van der Waals surface area contributed by atoms with Crippen molar-refractivity contribution in [1.29, 1.82) is 0 Å². The third kappa shape index (κ3) is 3.42. The van der Waals surface area contributed by atoms with E-state index in [1.165, 1.54) is 23.3 Å². The van der Waals surface area contributed by atoms with Crippen LogP contribution in [0.25, 0.3) is 0 Å². The van der Waals surface area contributed by atoms with Crippen molar-refractivity contribution >= 4 is 34.8 Å². The van der Waals surface area contributed by atoms with Crippen LogP contribution in [0.15, 0.2) is 66.0 Å². The molecular weight excluding hydrogens is 480 g/mol. The number of hydrogen-bond donors (Lipinski definition) is 1. The molecule has 184 valence electrons. The molecular formula is C27H24N2O6S. The molecule has 2 fully saturated rings. The summed E-state index contributed by atoms with van der Waals surface area (Å²) in [6, 6.07) is 17.8. The summed E-state index contributed by atoms with van der Waals surface area (Å²) in [5.41, 5.74) is -0.156. The molecule has 2 aromatic carbocycles. The minimum atomic E-state index is -1.41. The van der Waals surface area contributed by atoms with Crippen LogP contribution in [0.4, 0.5) is 5.69 Å². The molecule has 0 radical (unpaired) electrons. The van der Waals surface area contributed by atoms with E-state index < -0.39 is 35.3 Å². The first-order chi connectivity index (χ1) is 17.5. The van der Waals surface area contributed by atoms with Crippen LogP contribution < -0.4 is 19.7 Å². The highest BCUT2D eigenvalue weighted by molar-refractivity contribution is 7.10. The second-order valence-electron chi connectivity index (χ2n) is 9.11. The van der Waals surface area contributed by atoms with Gasteiger partial charge in [-0.25, -0.2) is 4.90 Å². The summed E-state index contributed by atoms with van der Waals surface area (Å²) in [5, 5.41) is 5.33. The van der Waals surface area contributed by atoms with Gasteiger partial charge in [0.1, 0.15) is 18.8 Å². The smallest absolute Gasteiger partial charge is 0.327 e. The van der Waals surface area contributed by atoms with Gasteiger partial charge in [0.15, 0.2) is 11.5 Å². The number of nitrogens with one attached hydrogen (secondary N) is 1. The molecule has 0 aliphatic carbocycles. The number of fused-ring (bicyclic) bond motifs is 2. The Balaban J connectivity index is 1.47. The molecule has 6 rings (SSSR count). The van der Waals surface area contributed by atoms with Crippen LogP contribution in [0.1, 0.15) is 16.5 Å². The van der Waals surface area contributed by atoms with Crippen molar-refractivity contribution < 1.29 is 28.6 Å². The summed E-state index contributed by atoms with van der Waals surface area (Å²) < 4.78 is 16.5. The van der Waals surface area contributed by atoms with Crippen molar-refractivity contribution in [2.75, 3.05) is 25.2 Å². The molecule has 2 saturated heterocycles. The van der Waals surface area contributed by atoms with Crippen LogP contribution in [0, 0.1) is 11.8 Å². The Morgan fingerprint density at radius 3 is 2.56 bits per heavy atom. The van der Waals surface area contributed by atoms with Gasteiger partial charge < -0.3 is 14.2 Å². The monoisotopic (exact) mass is 504 g/mol. The number of thiophene rings is 1. The number of hydrogen-bond acceptors (Lipinski definition) is 8. The summed E-state index contributed by atoms with van der Waals surface area (Å²) in [7, 11) is 1.31. The number of amides is 2. The van der Waals surface area contributed by atoms with Crippen molar-refractivity contribution in [3.63, 3.8) is 0 Å². The van der Waals surface area contributed by atoms with E-state index in [1.807, 2.05) is 47.8 Å². The number of esters is 1. The lowest BCUT2D eigenvalue weighted by atomic mass is 9.76. The van der Waals surface area contributed by atoms with Crippen molar-refractivity contribution in [2.24, 2.45) is 11.8 Å². The molecule has 9 heteroatoms. The fourth-order valence-electron chi connectivity index (χ4n) is 5.66. The zero-order valence-electron chi connectivity index (χ0n) is 19.5. The summed E-state index contributed by atoms with van der Waals surface area (Å²) in [6.07, 6.45) is 0.206. The third-order valence-corrected chi connectivity index (χ3v) is 8.12. The van der Waals surface area contributed by atoms with E-state index >= 15 is 0 Å². The number of imide groups is 1. The average molecular weight is 505 g/mol. The molecule has 2 amide bonds. The van der Waals surface area contributed by atoms with Gasteiger partial charge in [-0.3, -0.25) is 19.7 Å². The topological polar surface area (TPSA) is 94.2 Å². The van der Waals surface area contributed by atoms with Gasteiger partial charge in [-0.1, -0.05) is 36.4 Å². The Morgan fingerprint density at radius 1 is 1.06 bits per heavy atom. The second kappa shape index (κ2) is 8.76.